The summed E-state index contributed by atoms with van der Waals surface area (Å²) < 4.78 is 127. The molecule has 5 aromatic rings. The molecule has 306 valence electrons. The predicted molar refractivity (Wildman–Crippen MR) is 213 cm³/mol. The Morgan fingerprint density at radius 2 is 0.727 bits per heavy atom. The summed E-state index contributed by atoms with van der Waals surface area (Å²) in [5, 5.41) is 81.2. The molecule has 0 aliphatic heterocycles. The molecular formula is C48H8F8N10. The second-order valence-electron chi connectivity index (χ2n) is 13.6. The normalized spacial score (nSPS) is 13.5. The van der Waals surface area contributed by atoms with E-state index in [1.807, 2.05) is 0 Å². The van der Waals surface area contributed by atoms with Crippen molar-refractivity contribution in [2.24, 2.45) is 0 Å². The minimum atomic E-state index is -2.24. The Morgan fingerprint density at radius 3 is 1.00 bits per heavy atom. The van der Waals surface area contributed by atoms with E-state index in [-0.39, 0.29) is 33.6 Å². The third-order valence-corrected chi connectivity index (χ3v) is 10.4. The van der Waals surface area contributed by atoms with Gasteiger partial charge in [0.25, 0.3) is 0 Å². The van der Waals surface area contributed by atoms with Crippen LogP contribution in [0.4, 0.5) is 46.5 Å². The summed E-state index contributed by atoms with van der Waals surface area (Å²) >= 11 is 0. The number of hydrogen-bond acceptors (Lipinski definition) is 8. The molecule has 0 saturated carbocycles. The molecule has 0 amide bonds. The van der Waals surface area contributed by atoms with Crippen LogP contribution in [0.2, 0.25) is 0 Å². The van der Waals surface area contributed by atoms with Crippen LogP contribution in [-0.4, -0.2) is 0 Å². The van der Waals surface area contributed by atoms with Gasteiger partial charge in [0.1, 0.15) is 47.5 Å². The lowest BCUT2D eigenvalue weighted by Crippen LogP contribution is -2.08. The van der Waals surface area contributed by atoms with Crippen LogP contribution in [0.3, 0.4) is 0 Å². The highest BCUT2D eigenvalue weighted by atomic mass is 19.2. The molecule has 66 heavy (non-hydrogen) atoms. The summed E-state index contributed by atoms with van der Waals surface area (Å²) in [7, 11) is 0. The topological polar surface area (TPSA) is 199 Å². The number of hydrogen-bond donors (Lipinski definition) is 0. The van der Waals surface area contributed by atoms with Crippen molar-refractivity contribution in [3.05, 3.63) is 185 Å². The van der Waals surface area contributed by atoms with Crippen LogP contribution < -0.4 is 0 Å². The van der Waals surface area contributed by atoms with E-state index in [4.69, 9.17) is 13.1 Å². The lowest BCUT2D eigenvalue weighted by Gasteiger charge is -2.17. The van der Waals surface area contributed by atoms with E-state index in [0.717, 1.165) is 60.7 Å². The molecule has 0 spiro atoms. The SMILES string of the molecule is [C-]#[N+]c1cc(C#N)cc(/C(C#N)=C2\C(c3c(F)c(F)c(C#N)c(F)c3F)=C(C#N)c3cc4c(cc32)/C(=C(\C#N)c2cc(C#N)cc([N+]#[C-])c2)C(c2c(F)c(F)c(C#N)c(F)c2F)=C4C#N)c1. The molecular weight excluding hydrogens is 869 g/mol. The second-order valence-corrected chi connectivity index (χ2v) is 13.6. The number of halogens is 8. The van der Waals surface area contributed by atoms with Crippen LogP contribution in [-0.2, 0) is 0 Å². The first kappa shape index (κ1) is 43.5. The number of nitriles is 8. The highest BCUT2D eigenvalue weighted by molar-refractivity contribution is 6.34. The third kappa shape index (κ3) is 6.23. The summed E-state index contributed by atoms with van der Waals surface area (Å²) in [6.07, 6.45) is 0. The van der Waals surface area contributed by atoms with E-state index in [2.05, 4.69) is 9.69 Å². The van der Waals surface area contributed by atoms with Crippen molar-refractivity contribution in [3.8, 4) is 48.6 Å². The zero-order chi connectivity index (χ0) is 48.0. The number of benzene rings is 5. The maximum Gasteiger partial charge on any atom is 0.189 e. The molecule has 0 bridgehead atoms. The first-order valence-electron chi connectivity index (χ1n) is 17.8. The molecule has 0 heterocycles. The van der Waals surface area contributed by atoms with Gasteiger partial charge in [0.15, 0.2) is 57.9 Å². The molecule has 0 aromatic heterocycles. The summed E-state index contributed by atoms with van der Waals surface area (Å²) in [5.74, 6) is -17.9. The minimum Gasteiger partial charge on any atom is -0.238 e. The number of allylic oxidation sites excluding steroid dienone is 8. The molecule has 0 N–H and O–H groups in total. The number of nitrogens with zero attached hydrogens (tertiary/aromatic N) is 10. The van der Waals surface area contributed by atoms with E-state index < -0.39 is 136 Å². The van der Waals surface area contributed by atoms with Crippen molar-refractivity contribution in [2.45, 2.75) is 0 Å². The summed E-state index contributed by atoms with van der Waals surface area (Å²) in [4.78, 5) is 6.49. The van der Waals surface area contributed by atoms with Crippen molar-refractivity contribution >= 4 is 56.0 Å². The summed E-state index contributed by atoms with van der Waals surface area (Å²) in [6, 6.07) is 20.2. The van der Waals surface area contributed by atoms with Gasteiger partial charge in [-0.25, -0.2) is 44.8 Å². The van der Waals surface area contributed by atoms with E-state index in [1.54, 1.807) is 36.4 Å². The van der Waals surface area contributed by atoms with Gasteiger partial charge in [-0.3, -0.25) is 0 Å². The van der Waals surface area contributed by atoms with Crippen LogP contribution in [0.5, 0.6) is 0 Å². The van der Waals surface area contributed by atoms with E-state index in [1.165, 1.54) is 0 Å². The lowest BCUT2D eigenvalue weighted by molar-refractivity contribution is 0.447. The van der Waals surface area contributed by atoms with E-state index in [9.17, 15) is 42.1 Å². The summed E-state index contributed by atoms with van der Waals surface area (Å²) in [5.41, 5.74) is -17.7. The van der Waals surface area contributed by atoms with Crippen molar-refractivity contribution in [2.75, 3.05) is 0 Å². The van der Waals surface area contributed by atoms with Crippen molar-refractivity contribution in [1.82, 2.24) is 0 Å². The van der Waals surface area contributed by atoms with Crippen molar-refractivity contribution < 1.29 is 35.1 Å². The molecule has 0 fully saturated rings. The van der Waals surface area contributed by atoms with Crippen LogP contribution in [0.25, 0.3) is 54.3 Å². The zero-order valence-electron chi connectivity index (χ0n) is 32.1. The fourth-order valence-corrected chi connectivity index (χ4v) is 7.66. The van der Waals surface area contributed by atoms with Crippen LogP contribution in [0, 0.1) is 150 Å². The molecule has 0 atom stereocenters. The Kier molecular flexibility index (Phi) is 10.8. The smallest absolute Gasteiger partial charge is 0.189 e. The zero-order valence-corrected chi connectivity index (χ0v) is 32.1. The van der Waals surface area contributed by atoms with Crippen LogP contribution in [0.15, 0.2) is 48.5 Å². The highest BCUT2D eigenvalue weighted by Gasteiger charge is 2.42. The van der Waals surface area contributed by atoms with Crippen molar-refractivity contribution in [3.63, 3.8) is 0 Å². The van der Waals surface area contributed by atoms with Gasteiger partial charge in [-0.1, -0.05) is 0 Å². The van der Waals surface area contributed by atoms with Gasteiger partial charge in [-0.15, -0.1) is 0 Å². The molecule has 18 heteroatoms. The van der Waals surface area contributed by atoms with Crippen molar-refractivity contribution in [1.29, 1.82) is 42.1 Å². The fourth-order valence-electron chi connectivity index (χ4n) is 7.66. The van der Waals surface area contributed by atoms with Gasteiger partial charge in [0.05, 0.1) is 58.7 Å². The molecule has 2 aliphatic rings. The Morgan fingerprint density at radius 1 is 0.394 bits per heavy atom. The summed E-state index contributed by atoms with van der Waals surface area (Å²) in [6.45, 7) is 15.1. The fraction of sp³-hybridized carbons (Fsp3) is 0. The number of fused-ring (bicyclic) bond motifs is 2. The highest BCUT2D eigenvalue weighted by Crippen LogP contribution is 2.57. The van der Waals surface area contributed by atoms with Gasteiger partial charge >= 0.3 is 0 Å². The van der Waals surface area contributed by atoms with Gasteiger partial charge in [0, 0.05) is 44.5 Å². The lowest BCUT2D eigenvalue weighted by atomic mass is 9.85. The monoisotopic (exact) mass is 876 g/mol. The third-order valence-electron chi connectivity index (χ3n) is 10.4. The quantitative estimate of drug-likeness (QED) is 0.0734. The van der Waals surface area contributed by atoms with Gasteiger partial charge < -0.3 is 0 Å². The standard InChI is InChI=1S/C48H8F8N10/c1-65-23-5-19(11-57)3-21(7-23)29(13-59)35-27-10-28-26(9-25(27)31(15-61)37(35)39-45(53)41(49)33(17-63)42(50)46(39)54)32(16-62)38(40-47(55)43(51)34(18-64)44(52)48(40)56)36(28)30(14-60)22-4-20(12-58)6-24(8-22)66-2/h3-10H/b35-29-,36-30-. The molecule has 5 aromatic carbocycles. The molecule has 2 aliphatic carbocycles. The van der Waals surface area contributed by atoms with Gasteiger partial charge in [-0.05, 0) is 70.8 Å². The minimum absolute atomic E-state index is 0.265. The van der Waals surface area contributed by atoms with Gasteiger partial charge in [0.2, 0.25) is 0 Å². The Labute approximate surface area is 365 Å². The molecule has 0 unspecified atom stereocenters. The molecule has 0 radical (unpaired) electrons. The van der Waals surface area contributed by atoms with Crippen LogP contribution >= 0.6 is 0 Å². The molecule has 7 rings (SSSR count). The van der Waals surface area contributed by atoms with Crippen LogP contribution in [0.1, 0.15) is 66.8 Å². The average Bonchev–Trinajstić information content (AvgIpc) is 3.80. The average molecular weight is 877 g/mol. The molecule has 10 nitrogen and oxygen atoms in total. The maximum atomic E-state index is 16.2. The largest absolute Gasteiger partial charge is 0.238 e. The second kappa shape index (κ2) is 16.4. The number of rotatable bonds is 4. The Hall–Kier alpha value is -10.6. The Balaban J connectivity index is 1.77. The Bertz CT molecular complexity index is 3440. The van der Waals surface area contributed by atoms with E-state index >= 15 is 35.1 Å². The van der Waals surface area contributed by atoms with Gasteiger partial charge in [-0.2, -0.15) is 42.1 Å². The first-order valence-corrected chi connectivity index (χ1v) is 17.8. The maximum absolute atomic E-state index is 16.2. The first-order chi connectivity index (χ1) is 31.6. The predicted octanol–water partition coefficient (Wildman–Crippen LogP) is 11.2. The molecule has 0 saturated heterocycles. The van der Waals surface area contributed by atoms with E-state index in [0.29, 0.717) is 0 Å².